The lowest BCUT2D eigenvalue weighted by Gasteiger charge is -2.29. The van der Waals surface area contributed by atoms with E-state index in [4.69, 9.17) is 0 Å². The maximum Gasteiger partial charge on any atom is 0.460 e. The van der Waals surface area contributed by atoms with E-state index in [1.54, 1.807) is 36.7 Å². The Hall–Kier alpha value is -2.98. The Bertz CT molecular complexity index is 831. The van der Waals surface area contributed by atoms with Gasteiger partial charge in [0.15, 0.2) is 0 Å². The Morgan fingerprint density at radius 2 is 1.37 bits per heavy atom. The van der Waals surface area contributed by atoms with Gasteiger partial charge in [0.2, 0.25) is 12.4 Å². The minimum absolute atomic E-state index is 0.409. The molecule has 0 fully saturated rings. The van der Waals surface area contributed by atoms with E-state index in [2.05, 4.69) is 10.1 Å². The second kappa shape index (κ2) is 7.33. The fourth-order valence-corrected chi connectivity index (χ4v) is 1.75. The van der Waals surface area contributed by atoms with Gasteiger partial charge in [-0.05, 0) is 28.4 Å². The van der Waals surface area contributed by atoms with Crippen LogP contribution < -0.4 is 9.78 Å². The minimum atomic E-state index is -6.60. The Kier molecular flexibility index (Phi) is 5.52. The molecule has 0 amide bonds. The average Bonchev–Trinajstić information content (AvgIpc) is 2.61. The number of nitrogens with zero attached hydrogens (tertiary/aromatic N) is 3. The summed E-state index contributed by atoms with van der Waals surface area (Å²) >= 11 is 0. The lowest BCUT2D eigenvalue weighted by atomic mass is 10.1. The fourth-order valence-electron chi connectivity index (χ4n) is 1.75. The van der Waals surface area contributed by atoms with Gasteiger partial charge in [0, 0.05) is 24.5 Å². The third-order valence-corrected chi connectivity index (χ3v) is 3.24. The van der Waals surface area contributed by atoms with Crippen LogP contribution in [0.5, 0.6) is 0 Å². The van der Waals surface area contributed by atoms with Gasteiger partial charge in [-0.2, -0.15) is 30.7 Å². The van der Waals surface area contributed by atoms with Crippen LogP contribution in [0, 0.1) is 0 Å². The summed E-state index contributed by atoms with van der Waals surface area (Å²) in [6.07, 6.45) is 1.70. The molecule has 2 aromatic rings. The van der Waals surface area contributed by atoms with Crippen molar-refractivity contribution >= 4 is 18.0 Å². The molecule has 0 saturated carbocycles. The van der Waals surface area contributed by atoms with Crippen molar-refractivity contribution in [2.24, 2.45) is 5.10 Å². The molecule has 0 aliphatic heterocycles. The van der Waals surface area contributed by atoms with Crippen molar-refractivity contribution in [3.05, 3.63) is 60.2 Å². The first-order valence-electron chi connectivity index (χ1n) is 7.13. The number of aromatic nitrogens is 2. The molecule has 144 valence electrons. The van der Waals surface area contributed by atoms with Gasteiger partial charge < -0.3 is 5.11 Å². The zero-order valence-electron chi connectivity index (χ0n) is 13.2. The van der Waals surface area contributed by atoms with Gasteiger partial charge in [-0.15, -0.1) is 0 Å². The number of pyridine rings is 2. The third kappa shape index (κ3) is 4.41. The molecule has 0 radical (unpaired) electrons. The van der Waals surface area contributed by atoms with E-state index in [1.807, 2.05) is 0 Å². The molecule has 0 saturated heterocycles. The monoisotopic (exact) mass is 393 g/mol. The predicted octanol–water partition coefficient (Wildman–Crippen LogP) is 2.89. The molecule has 0 unspecified atom stereocenters. The maximum absolute atomic E-state index is 13.2. The third-order valence-electron chi connectivity index (χ3n) is 3.24. The zero-order valence-corrected chi connectivity index (χ0v) is 13.2. The Labute approximate surface area is 147 Å². The van der Waals surface area contributed by atoms with Crippen molar-refractivity contribution in [2.45, 2.75) is 18.0 Å². The molecule has 2 aromatic heterocycles. The summed E-state index contributed by atoms with van der Waals surface area (Å²) in [4.78, 5) is 3.83. The quantitative estimate of drug-likeness (QED) is 0.340. The highest BCUT2D eigenvalue weighted by Crippen LogP contribution is 2.46. The molecule has 0 bridgehead atoms. The molecule has 2 rings (SSSR count). The first kappa shape index (κ1) is 20.3. The second-order valence-electron chi connectivity index (χ2n) is 5.18. The van der Waals surface area contributed by atoms with Crippen LogP contribution in [0.15, 0.2) is 54.2 Å². The molecule has 0 aliphatic carbocycles. The first-order chi connectivity index (χ1) is 12.4. The Morgan fingerprint density at radius 3 is 1.85 bits per heavy atom. The van der Waals surface area contributed by atoms with Crippen LogP contribution in [0.1, 0.15) is 11.1 Å². The van der Waals surface area contributed by atoms with Gasteiger partial charge in [0.05, 0.1) is 0 Å². The average molecular weight is 393 g/mol. The van der Waals surface area contributed by atoms with Crippen LogP contribution >= 0.6 is 0 Å². The summed E-state index contributed by atoms with van der Waals surface area (Å²) in [5, 5.41) is 13.8. The summed E-state index contributed by atoms with van der Waals surface area (Å²) in [5.74, 6) is -15.5. The highest BCUT2D eigenvalue weighted by molar-refractivity contribution is 5.80. The van der Waals surface area contributed by atoms with Crippen molar-refractivity contribution in [2.75, 3.05) is 0 Å². The number of hydrogen-bond donors (Lipinski definition) is 0. The normalized spacial score (nSPS) is 14.0. The van der Waals surface area contributed by atoms with Crippen LogP contribution in [-0.2, 0) is 0 Å². The molecule has 0 aromatic carbocycles. The maximum atomic E-state index is 13.2. The SMILES string of the molecule is [O-]/C(=N\[n+]1ccc(/C=C/c2ccncc2)cc1)C(F)(F)C(F)(F)C(F)(F)F. The van der Waals surface area contributed by atoms with Gasteiger partial charge >= 0.3 is 18.0 Å². The molecule has 0 spiro atoms. The van der Waals surface area contributed by atoms with Crippen molar-refractivity contribution in [1.29, 1.82) is 0 Å². The van der Waals surface area contributed by atoms with E-state index in [9.17, 15) is 35.8 Å². The van der Waals surface area contributed by atoms with E-state index in [0.29, 0.717) is 10.2 Å². The van der Waals surface area contributed by atoms with E-state index < -0.39 is 23.9 Å². The molecular weight excluding hydrogens is 383 g/mol. The molecule has 4 nitrogen and oxygen atoms in total. The molecule has 0 N–H and O–H groups in total. The second-order valence-corrected chi connectivity index (χ2v) is 5.18. The molecule has 27 heavy (non-hydrogen) atoms. The Morgan fingerprint density at radius 1 is 0.889 bits per heavy atom. The first-order valence-corrected chi connectivity index (χ1v) is 7.13. The number of alkyl halides is 7. The topological polar surface area (TPSA) is 52.2 Å². The van der Waals surface area contributed by atoms with Crippen molar-refractivity contribution < 1.29 is 40.5 Å². The number of hydrogen-bond acceptors (Lipinski definition) is 3. The molecule has 11 heteroatoms. The van der Waals surface area contributed by atoms with E-state index in [1.165, 1.54) is 12.1 Å². The summed E-state index contributed by atoms with van der Waals surface area (Å²) in [6, 6.07) is 5.98. The van der Waals surface area contributed by atoms with Crippen LogP contribution in [0.4, 0.5) is 30.7 Å². The standard InChI is InChI=1S/C16H10F7N3O/c17-14(18,15(19,20)16(21,22)23)13(27)25-26-9-5-12(6-10-26)2-1-11-3-7-24-8-4-11/h1-10H. The van der Waals surface area contributed by atoms with Crippen molar-refractivity contribution in [1.82, 2.24) is 4.98 Å². The lowest BCUT2D eigenvalue weighted by Crippen LogP contribution is -2.60. The van der Waals surface area contributed by atoms with Gasteiger partial charge in [0.1, 0.15) is 5.90 Å². The van der Waals surface area contributed by atoms with Gasteiger partial charge in [-0.1, -0.05) is 16.8 Å². The zero-order chi connectivity index (χ0) is 20.3. The highest BCUT2D eigenvalue weighted by Gasteiger charge is 2.73. The predicted molar refractivity (Wildman–Crippen MR) is 78.6 cm³/mol. The van der Waals surface area contributed by atoms with E-state index in [0.717, 1.165) is 18.0 Å². The smallest absolute Gasteiger partial charge is 0.460 e. The van der Waals surface area contributed by atoms with Crippen LogP contribution in [0.2, 0.25) is 0 Å². The summed E-state index contributed by atoms with van der Waals surface area (Å²) in [6.45, 7) is 0. The van der Waals surface area contributed by atoms with Crippen LogP contribution in [-0.4, -0.2) is 28.9 Å². The number of halogens is 7. The summed E-state index contributed by atoms with van der Waals surface area (Å²) in [7, 11) is 0. The van der Waals surface area contributed by atoms with Crippen molar-refractivity contribution in [3.63, 3.8) is 0 Å². The largest absolute Gasteiger partial charge is 0.853 e. The van der Waals surface area contributed by atoms with Crippen molar-refractivity contribution in [3.8, 4) is 0 Å². The fraction of sp³-hybridized carbons (Fsp3) is 0.188. The Balaban J connectivity index is 2.20. The molecule has 0 aliphatic rings. The van der Waals surface area contributed by atoms with Crippen LogP contribution in [0.3, 0.4) is 0 Å². The van der Waals surface area contributed by atoms with Gasteiger partial charge in [-0.3, -0.25) is 4.98 Å². The highest BCUT2D eigenvalue weighted by atomic mass is 19.4. The molecule has 2 heterocycles. The van der Waals surface area contributed by atoms with Gasteiger partial charge in [0.25, 0.3) is 0 Å². The summed E-state index contributed by atoms with van der Waals surface area (Å²) in [5.41, 5.74) is 1.33. The number of rotatable bonds is 5. The molecular formula is C16H10F7N3O. The van der Waals surface area contributed by atoms with E-state index >= 15 is 0 Å². The van der Waals surface area contributed by atoms with Crippen LogP contribution in [0.25, 0.3) is 12.2 Å². The molecule has 0 atom stereocenters. The lowest BCUT2D eigenvalue weighted by molar-refractivity contribution is -0.682. The summed E-state index contributed by atoms with van der Waals surface area (Å²) < 4.78 is 88.7. The van der Waals surface area contributed by atoms with Gasteiger partial charge in [-0.25, -0.2) is 0 Å². The minimum Gasteiger partial charge on any atom is -0.853 e. The van der Waals surface area contributed by atoms with E-state index in [-0.39, 0.29) is 0 Å².